The van der Waals surface area contributed by atoms with Gasteiger partial charge in [-0.1, -0.05) is 12.1 Å². The Labute approximate surface area is 117 Å². The first kappa shape index (κ1) is 11.7. The molecule has 0 radical (unpaired) electrons. The minimum absolute atomic E-state index is 0.273. The number of anilines is 1. The molecule has 0 aliphatic carbocycles. The van der Waals surface area contributed by atoms with E-state index in [0.29, 0.717) is 0 Å². The monoisotopic (exact) mass is 321 g/mol. The second-order valence-electron chi connectivity index (χ2n) is 4.15. The first-order chi connectivity index (χ1) is 8.74. The summed E-state index contributed by atoms with van der Waals surface area (Å²) in [6, 6.07) is 10.7. The number of rotatable bonds is 3. The number of nitrogens with zero attached hydrogens (tertiary/aromatic N) is 1. The van der Waals surface area contributed by atoms with Gasteiger partial charge in [0.05, 0.1) is 27.2 Å². The van der Waals surface area contributed by atoms with E-state index >= 15 is 0 Å². The highest BCUT2D eigenvalue weighted by Crippen LogP contribution is 2.30. The first-order valence-electron chi connectivity index (χ1n) is 5.68. The second-order valence-corrected chi connectivity index (χ2v) is 6.64. The molecular formula is C13H12BrN3S. The van der Waals surface area contributed by atoms with E-state index in [1.54, 1.807) is 11.3 Å². The molecule has 3 rings (SSSR count). The van der Waals surface area contributed by atoms with Crippen molar-refractivity contribution in [1.82, 2.24) is 10.2 Å². The van der Waals surface area contributed by atoms with Crippen LogP contribution >= 0.6 is 27.3 Å². The van der Waals surface area contributed by atoms with Gasteiger partial charge >= 0.3 is 0 Å². The zero-order valence-electron chi connectivity index (χ0n) is 9.77. The van der Waals surface area contributed by atoms with Crippen LogP contribution in [0, 0.1) is 0 Å². The number of aromatic nitrogens is 2. The van der Waals surface area contributed by atoms with Crippen LogP contribution in [-0.4, -0.2) is 10.2 Å². The number of H-pyrrole nitrogens is 1. The Hall–Kier alpha value is -1.33. The summed E-state index contributed by atoms with van der Waals surface area (Å²) in [6.45, 7) is 2.16. The van der Waals surface area contributed by atoms with Gasteiger partial charge in [0.1, 0.15) is 0 Å². The SMILES string of the molecule is CC(Nc1cccc2cn[nH]c12)c1ccc(Br)s1. The maximum atomic E-state index is 4.08. The summed E-state index contributed by atoms with van der Waals surface area (Å²) in [4.78, 5) is 1.30. The van der Waals surface area contributed by atoms with E-state index in [0.717, 1.165) is 20.4 Å². The topological polar surface area (TPSA) is 40.7 Å². The minimum atomic E-state index is 0.273. The standard InChI is InChI=1S/C13H12BrN3S/c1-8(11-5-6-12(14)18-11)16-10-4-2-3-9-7-15-17-13(9)10/h2-8,16H,1H3,(H,15,17). The highest BCUT2D eigenvalue weighted by Gasteiger charge is 2.10. The molecule has 92 valence electrons. The molecule has 0 saturated carbocycles. The number of halogens is 1. The van der Waals surface area contributed by atoms with Crippen LogP contribution in [0.3, 0.4) is 0 Å². The van der Waals surface area contributed by atoms with Crippen molar-refractivity contribution in [1.29, 1.82) is 0 Å². The number of aromatic amines is 1. The maximum absolute atomic E-state index is 4.08. The van der Waals surface area contributed by atoms with Gasteiger partial charge in [0, 0.05) is 10.3 Å². The van der Waals surface area contributed by atoms with E-state index in [2.05, 4.69) is 62.6 Å². The molecule has 1 aromatic carbocycles. The molecule has 0 fully saturated rings. The lowest BCUT2D eigenvalue weighted by Gasteiger charge is -2.14. The van der Waals surface area contributed by atoms with Crippen molar-refractivity contribution in [3.05, 3.63) is 45.2 Å². The summed E-state index contributed by atoms with van der Waals surface area (Å²) >= 11 is 5.24. The van der Waals surface area contributed by atoms with E-state index in [1.807, 2.05) is 12.3 Å². The van der Waals surface area contributed by atoms with Gasteiger partial charge in [-0.2, -0.15) is 5.10 Å². The average Bonchev–Trinajstić information content (AvgIpc) is 2.97. The van der Waals surface area contributed by atoms with Gasteiger partial charge in [0.25, 0.3) is 0 Å². The minimum Gasteiger partial charge on any atom is -0.376 e. The van der Waals surface area contributed by atoms with E-state index in [4.69, 9.17) is 0 Å². The lowest BCUT2D eigenvalue weighted by Crippen LogP contribution is -2.05. The second kappa shape index (κ2) is 4.74. The van der Waals surface area contributed by atoms with Gasteiger partial charge in [-0.3, -0.25) is 5.10 Å². The molecule has 2 N–H and O–H groups in total. The third-order valence-electron chi connectivity index (χ3n) is 2.87. The molecule has 5 heteroatoms. The molecule has 3 nitrogen and oxygen atoms in total. The van der Waals surface area contributed by atoms with Gasteiger partial charge in [-0.25, -0.2) is 0 Å². The predicted molar refractivity (Wildman–Crippen MR) is 80.2 cm³/mol. The van der Waals surface area contributed by atoms with Gasteiger partial charge < -0.3 is 5.32 Å². The molecule has 1 atom stereocenters. The number of hydrogen-bond acceptors (Lipinski definition) is 3. The van der Waals surface area contributed by atoms with Gasteiger partial charge in [-0.05, 0) is 41.1 Å². The predicted octanol–water partition coefficient (Wildman–Crippen LogP) is 4.56. The number of hydrogen-bond donors (Lipinski definition) is 2. The van der Waals surface area contributed by atoms with Crippen LogP contribution in [-0.2, 0) is 0 Å². The Balaban J connectivity index is 1.90. The van der Waals surface area contributed by atoms with Crippen molar-refractivity contribution < 1.29 is 0 Å². The van der Waals surface area contributed by atoms with E-state index in [-0.39, 0.29) is 6.04 Å². The van der Waals surface area contributed by atoms with Crippen molar-refractivity contribution in [2.24, 2.45) is 0 Å². The van der Waals surface area contributed by atoms with Gasteiger partial charge in [0.2, 0.25) is 0 Å². The first-order valence-corrected chi connectivity index (χ1v) is 7.29. The number of para-hydroxylation sites is 1. The van der Waals surface area contributed by atoms with Crippen LogP contribution < -0.4 is 5.32 Å². The van der Waals surface area contributed by atoms with Crippen LogP contribution in [0.2, 0.25) is 0 Å². The van der Waals surface area contributed by atoms with Crippen LogP contribution in [0.1, 0.15) is 17.8 Å². The van der Waals surface area contributed by atoms with Gasteiger partial charge in [-0.15, -0.1) is 11.3 Å². The Bertz CT molecular complexity index is 673. The molecule has 0 saturated heterocycles. The molecule has 0 bridgehead atoms. The van der Waals surface area contributed by atoms with E-state index in [1.165, 1.54) is 4.88 Å². The van der Waals surface area contributed by atoms with Crippen molar-refractivity contribution in [3.63, 3.8) is 0 Å². The van der Waals surface area contributed by atoms with Crippen molar-refractivity contribution in [2.75, 3.05) is 5.32 Å². The number of nitrogens with one attached hydrogen (secondary N) is 2. The lowest BCUT2D eigenvalue weighted by atomic mass is 10.2. The van der Waals surface area contributed by atoms with Crippen molar-refractivity contribution >= 4 is 43.9 Å². The summed E-state index contributed by atoms with van der Waals surface area (Å²) in [6.07, 6.45) is 1.84. The number of thiophene rings is 1. The van der Waals surface area contributed by atoms with Crippen LogP contribution in [0.15, 0.2) is 40.3 Å². The fourth-order valence-corrected chi connectivity index (χ4v) is 3.38. The molecule has 0 spiro atoms. The summed E-state index contributed by atoms with van der Waals surface area (Å²) in [5.74, 6) is 0. The Kier molecular flexibility index (Phi) is 3.09. The molecule has 0 aliphatic heterocycles. The highest BCUT2D eigenvalue weighted by atomic mass is 79.9. The lowest BCUT2D eigenvalue weighted by molar-refractivity contribution is 0.909. The van der Waals surface area contributed by atoms with Crippen molar-refractivity contribution in [2.45, 2.75) is 13.0 Å². The average molecular weight is 322 g/mol. The molecule has 2 aromatic heterocycles. The fourth-order valence-electron chi connectivity index (χ4n) is 1.95. The molecule has 3 aromatic rings. The van der Waals surface area contributed by atoms with E-state index < -0.39 is 0 Å². The fraction of sp³-hybridized carbons (Fsp3) is 0.154. The van der Waals surface area contributed by atoms with Crippen LogP contribution in [0.4, 0.5) is 5.69 Å². The number of benzene rings is 1. The largest absolute Gasteiger partial charge is 0.376 e. The zero-order valence-corrected chi connectivity index (χ0v) is 12.2. The molecule has 0 amide bonds. The molecule has 0 aliphatic rings. The molecular weight excluding hydrogens is 310 g/mol. The summed E-state index contributed by atoms with van der Waals surface area (Å²) in [5, 5.41) is 11.8. The third kappa shape index (κ3) is 2.15. The van der Waals surface area contributed by atoms with Crippen LogP contribution in [0.5, 0.6) is 0 Å². The third-order valence-corrected chi connectivity index (χ3v) is 4.68. The summed E-state index contributed by atoms with van der Waals surface area (Å²) < 4.78 is 1.16. The quantitative estimate of drug-likeness (QED) is 0.742. The van der Waals surface area contributed by atoms with Crippen LogP contribution in [0.25, 0.3) is 10.9 Å². The molecule has 18 heavy (non-hydrogen) atoms. The zero-order chi connectivity index (χ0) is 12.5. The Morgan fingerprint density at radius 2 is 2.22 bits per heavy atom. The maximum Gasteiger partial charge on any atom is 0.0881 e. The molecule has 2 heterocycles. The summed E-state index contributed by atoms with van der Waals surface area (Å²) in [5.41, 5.74) is 2.14. The smallest absolute Gasteiger partial charge is 0.0881 e. The molecule has 1 unspecified atom stereocenters. The Morgan fingerprint density at radius 1 is 1.33 bits per heavy atom. The normalized spacial score (nSPS) is 12.8. The van der Waals surface area contributed by atoms with Gasteiger partial charge in [0.15, 0.2) is 0 Å². The number of fused-ring (bicyclic) bond motifs is 1. The summed E-state index contributed by atoms with van der Waals surface area (Å²) in [7, 11) is 0. The highest BCUT2D eigenvalue weighted by molar-refractivity contribution is 9.11. The Morgan fingerprint density at radius 3 is 3.00 bits per heavy atom. The van der Waals surface area contributed by atoms with E-state index in [9.17, 15) is 0 Å². The van der Waals surface area contributed by atoms with Crippen molar-refractivity contribution in [3.8, 4) is 0 Å².